The SMILES string of the molecule is O=C1N[C@H](Cc2ccccc2)C(=O)N2CCN(C(=O)Oc3ccc(Cl)cc3)C[C@H]12. The van der Waals surface area contributed by atoms with Crippen molar-refractivity contribution in [3.8, 4) is 5.75 Å². The average Bonchev–Trinajstić information content (AvgIpc) is 2.74. The smallest absolute Gasteiger partial charge is 0.410 e. The van der Waals surface area contributed by atoms with Crippen LogP contribution in [0.3, 0.4) is 0 Å². The average molecular weight is 414 g/mol. The van der Waals surface area contributed by atoms with E-state index in [1.165, 1.54) is 4.90 Å². The van der Waals surface area contributed by atoms with Crippen LogP contribution in [0, 0.1) is 0 Å². The van der Waals surface area contributed by atoms with Gasteiger partial charge in [-0.05, 0) is 29.8 Å². The van der Waals surface area contributed by atoms with Gasteiger partial charge in [0, 0.05) is 24.5 Å². The Morgan fingerprint density at radius 1 is 1.07 bits per heavy atom. The van der Waals surface area contributed by atoms with Crippen LogP contribution in [0.25, 0.3) is 0 Å². The monoisotopic (exact) mass is 413 g/mol. The quantitative estimate of drug-likeness (QED) is 0.835. The molecule has 2 aliphatic heterocycles. The summed E-state index contributed by atoms with van der Waals surface area (Å²) in [5, 5.41) is 3.35. The fourth-order valence-corrected chi connectivity index (χ4v) is 3.75. The molecule has 150 valence electrons. The van der Waals surface area contributed by atoms with Crippen LogP contribution in [0.15, 0.2) is 54.6 Å². The minimum absolute atomic E-state index is 0.0993. The second-order valence-electron chi connectivity index (χ2n) is 7.07. The van der Waals surface area contributed by atoms with E-state index in [0.717, 1.165) is 5.56 Å². The van der Waals surface area contributed by atoms with Crippen molar-refractivity contribution in [1.82, 2.24) is 15.1 Å². The topological polar surface area (TPSA) is 79.0 Å². The summed E-state index contributed by atoms with van der Waals surface area (Å²) >= 11 is 5.83. The number of nitrogens with zero attached hydrogens (tertiary/aromatic N) is 2. The fraction of sp³-hybridized carbons (Fsp3) is 0.286. The molecular weight excluding hydrogens is 394 g/mol. The van der Waals surface area contributed by atoms with Crippen molar-refractivity contribution in [2.45, 2.75) is 18.5 Å². The van der Waals surface area contributed by atoms with Gasteiger partial charge in [-0.25, -0.2) is 4.79 Å². The largest absolute Gasteiger partial charge is 0.415 e. The van der Waals surface area contributed by atoms with Gasteiger partial charge in [0.2, 0.25) is 11.8 Å². The predicted octanol–water partition coefficient (Wildman–Crippen LogP) is 2.09. The first-order chi connectivity index (χ1) is 14.0. The highest BCUT2D eigenvalue weighted by atomic mass is 35.5. The molecule has 2 aromatic carbocycles. The van der Waals surface area contributed by atoms with Gasteiger partial charge in [0.15, 0.2) is 0 Å². The van der Waals surface area contributed by atoms with Gasteiger partial charge in [0.05, 0.1) is 6.54 Å². The Labute approximate surface area is 173 Å². The summed E-state index contributed by atoms with van der Waals surface area (Å²) < 4.78 is 5.34. The zero-order valence-corrected chi connectivity index (χ0v) is 16.3. The molecule has 2 saturated heterocycles. The molecule has 2 aliphatic rings. The maximum Gasteiger partial charge on any atom is 0.415 e. The van der Waals surface area contributed by atoms with E-state index in [4.69, 9.17) is 16.3 Å². The molecule has 0 radical (unpaired) electrons. The van der Waals surface area contributed by atoms with Crippen molar-refractivity contribution in [3.63, 3.8) is 0 Å². The zero-order valence-electron chi connectivity index (χ0n) is 15.6. The summed E-state index contributed by atoms with van der Waals surface area (Å²) in [6.07, 6.45) is -0.115. The minimum atomic E-state index is -0.707. The summed E-state index contributed by atoms with van der Waals surface area (Å²) in [6.45, 7) is 0.694. The molecule has 1 N–H and O–H groups in total. The van der Waals surface area contributed by atoms with E-state index in [1.807, 2.05) is 30.3 Å². The molecule has 2 heterocycles. The van der Waals surface area contributed by atoms with Gasteiger partial charge in [-0.3, -0.25) is 9.59 Å². The van der Waals surface area contributed by atoms with Gasteiger partial charge in [-0.1, -0.05) is 41.9 Å². The second kappa shape index (κ2) is 8.13. The van der Waals surface area contributed by atoms with Gasteiger partial charge in [-0.2, -0.15) is 0 Å². The fourth-order valence-electron chi connectivity index (χ4n) is 3.62. The van der Waals surface area contributed by atoms with Gasteiger partial charge in [0.1, 0.15) is 17.8 Å². The number of rotatable bonds is 3. The highest BCUT2D eigenvalue weighted by molar-refractivity contribution is 6.30. The highest BCUT2D eigenvalue weighted by Gasteiger charge is 2.44. The van der Waals surface area contributed by atoms with Crippen LogP contribution in [-0.4, -0.2) is 59.4 Å². The minimum Gasteiger partial charge on any atom is -0.410 e. The van der Waals surface area contributed by atoms with E-state index in [9.17, 15) is 14.4 Å². The zero-order chi connectivity index (χ0) is 20.4. The Bertz CT molecular complexity index is 919. The Morgan fingerprint density at radius 2 is 1.79 bits per heavy atom. The standard InChI is InChI=1S/C21H20ClN3O4/c22-15-6-8-16(9-7-15)29-21(28)24-10-11-25-18(13-24)19(26)23-17(20(25)27)12-14-4-2-1-3-5-14/h1-9,17-18H,10-13H2,(H,23,26)/t17-,18-/m1/s1. The summed E-state index contributed by atoms with van der Waals surface area (Å²) in [7, 11) is 0. The van der Waals surface area contributed by atoms with E-state index >= 15 is 0 Å². The molecule has 0 spiro atoms. The third-order valence-electron chi connectivity index (χ3n) is 5.14. The van der Waals surface area contributed by atoms with E-state index in [0.29, 0.717) is 23.7 Å². The lowest BCUT2D eigenvalue weighted by molar-refractivity contribution is -0.152. The van der Waals surface area contributed by atoms with Gasteiger partial charge in [0.25, 0.3) is 0 Å². The maximum atomic E-state index is 12.9. The van der Waals surface area contributed by atoms with Crippen LogP contribution in [0.2, 0.25) is 5.02 Å². The van der Waals surface area contributed by atoms with Crippen LogP contribution in [0.5, 0.6) is 5.75 Å². The van der Waals surface area contributed by atoms with Gasteiger partial charge < -0.3 is 19.9 Å². The van der Waals surface area contributed by atoms with Crippen molar-refractivity contribution < 1.29 is 19.1 Å². The van der Waals surface area contributed by atoms with Gasteiger partial charge >= 0.3 is 6.09 Å². The number of hydrogen-bond donors (Lipinski definition) is 1. The Hall–Kier alpha value is -3.06. The van der Waals surface area contributed by atoms with E-state index < -0.39 is 18.2 Å². The lowest BCUT2D eigenvalue weighted by Crippen LogP contribution is -2.70. The Kier molecular flexibility index (Phi) is 5.40. The number of hydrogen-bond acceptors (Lipinski definition) is 4. The molecule has 4 rings (SSSR count). The first-order valence-electron chi connectivity index (χ1n) is 9.38. The lowest BCUT2D eigenvalue weighted by atomic mass is 9.99. The summed E-state index contributed by atoms with van der Waals surface area (Å²) in [5.41, 5.74) is 0.981. The normalized spacial score (nSPS) is 21.4. The van der Waals surface area contributed by atoms with E-state index in [-0.39, 0.29) is 24.9 Å². The van der Waals surface area contributed by atoms with Crippen molar-refractivity contribution in [1.29, 1.82) is 0 Å². The molecule has 0 aliphatic carbocycles. The van der Waals surface area contributed by atoms with Crippen molar-refractivity contribution in [3.05, 3.63) is 65.2 Å². The van der Waals surface area contributed by atoms with Crippen LogP contribution in [0.1, 0.15) is 5.56 Å². The molecule has 8 heteroatoms. The Morgan fingerprint density at radius 3 is 2.52 bits per heavy atom. The molecule has 2 aromatic rings. The Balaban J connectivity index is 1.40. The molecule has 2 atom stereocenters. The molecule has 0 saturated carbocycles. The number of piperazine rings is 2. The summed E-state index contributed by atoms with van der Waals surface area (Å²) in [5.74, 6) is -0.00683. The van der Waals surface area contributed by atoms with Gasteiger partial charge in [-0.15, -0.1) is 0 Å². The summed E-state index contributed by atoms with van der Waals surface area (Å²) in [6, 6.07) is 14.7. The number of ether oxygens (including phenoxy) is 1. The summed E-state index contributed by atoms with van der Waals surface area (Å²) in [4.78, 5) is 41.0. The third kappa shape index (κ3) is 4.19. The highest BCUT2D eigenvalue weighted by Crippen LogP contribution is 2.21. The van der Waals surface area contributed by atoms with Crippen LogP contribution in [-0.2, 0) is 16.0 Å². The molecule has 0 bridgehead atoms. The van der Waals surface area contributed by atoms with Crippen molar-refractivity contribution in [2.24, 2.45) is 0 Å². The third-order valence-corrected chi connectivity index (χ3v) is 5.39. The number of carbonyl (C=O) groups excluding carboxylic acids is 3. The lowest BCUT2D eigenvalue weighted by Gasteiger charge is -2.44. The van der Waals surface area contributed by atoms with Crippen molar-refractivity contribution >= 4 is 29.5 Å². The number of nitrogens with one attached hydrogen (secondary N) is 1. The van der Waals surface area contributed by atoms with Crippen LogP contribution in [0.4, 0.5) is 4.79 Å². The molecule has 0 unspecified atom stereocenters. The molecule has 3 amide bonds. The predicted molar refractivity (Wildman–Crippen MR) is 107 cm³/mol. The molecular formula is C21H20ClN3O4. The van der Waals surface area contributed by atoms with E-state index in [1.54, 1.807) is 29.2 Å². The number of halogens is 1. The molecule has 29 heavy (non-hydrogen) atoms. The van der Waals surface area contributed by atoms with Crippen LogP contribution < -0.4 is 10.1 Å². The molecule has 2 fully saturated rings. The maximum absolute atomic E-state index is 12.9. The molecule has 7 nitrogen and oxygen atoms in total. The number of amides is 3. The second-order valence-corrected chi connectivity index (χ2v) is 7.50. The first kappa shape index (κ1) is 19.3. The van der Waals surface area contributed by atoms with E-state index in [2.05, 4.69) is 5.32 Å². The molecule has 0 aromatic heterocycles. The number of benzene rings is 2. The van der Waals surface area contributed by atoms with Crippen molar-refractivity contribution in [2.75, 3.05) is 19.6 Å². The van der Waals surface area contributed by atoms with Crippen LogP contribution >= 0.6 is 11.6 Å². The number of carbonyl (C=O) groups is 3. The first-order valence-corrected chi connectivity index (χ1v) is 9.76. The number of fused-ring (bicyclic) bond motifs is 1.